The summed E-state index contributed by atoms with van der Waals surface area (Å²) in [5.41, 5.74) is 0.979. The lowest BCUT2D eigenvalue weighted by Gasteiger charge is -2.07. The van der Waals surface area contributed by atoms with Crippen LogP contribution in [0.2, 0.25) is 0 Å². The fraction of sp³-hybridized carbons (Fsp3) is 0.667. The van der Waals surface area contributed by atoms with Gasteiger partial charge in [-0.15, -0.1) is 0 Å². The summed E-state index contributed by atoms with van der Waals surface area (Å²) < 4.78 is 5.71. The summed E-state index contributed by atoms with van der Waals surface area (Å²) in [4.78, 5) is 4.21. The third kappa shape index (κ3) is 7.00. The Kier molecular flexibility index (Phi) is 8.92. The highest BCUT2D eigenvalue weighted by atomic mass is 79.9. The Balaban J connectivity index is 1.94. The molecule has 0 bridgehead atoms. The van der Waals surface area contributed by atoms with Crippen LogP contribution in [0, 0.1) is 6.92 Å². The Morgan fingerprint density at radius 3 is 2.39 bits per heavy atom. The van der Waals surface area contributed by atoms with E-state index < -0.39 is 0 Å². The lowest BCUT2D eigenvalue weighted by Crippen LogP contribution is -1.99. The van der Waals surface area contributed by atoms with Crippen molar-refractivity contribution in [2.75, 3.05) is 11.9 Å². The van der Waals surface area contributed by atoms with Gasteiger partial charge in [-0.3, -0.25) is 4.98 Å². The van der Waals surface area contributed by atoms with Gasteiger partial charge in [-0.2, -0.15) is 0 Å². The fourth-order valence-corrected chi connectivity index (χ4v) is 2.28. The van der Waals surface area contributed by atoms with E-state index in [0.717, 1.165) is 29.8 Å². The fourth-order valence-electron chi connectivity index (χ4n) is 1.88. The van der Waals surface area contributed by atoms with Crippen molar-refractivity contribution in [2.45, 2.75) is 51.9 Å². The third-order valence-corrected chi connectivity index (χ3v) is 3.55. The van der Waals surface area contributed by atoms with Gasteiger partial charge in [-0.25, -0.2) is 0 Å². The molecule has 0 aliphatic carbocycles. The van der Waals surface area contributed by atoms with Crippen LogP contribution in [0.4, 0.5) is 0 Å². The van der Waals surface area contributed by atoms with Crippen molar-refractivity contribution in [1.82, 2.24) is 4.98 Å². The van der Waals surface area contributed by atoms with Crippen molar-refractivity contribution in [1.29, 1.82) is 0 Å². The Morgan fingerprint density at radius 1 is 1.06 bits per heavy atom. The number of halogens is 1. The van der Waals surface area contributed by atoms with E-state index in [1.165, 1.54) is 38.5 Å². The van der Waals surface area contributed by atoms with Crippen LogP contribution in [0.15, 0.2) is 18.3 Å². The number of aromatic nitrogens is 1. The minimum atomic E-state index is 0.813. The van der Waals surface area contributed by atoms with Crippen molar-refractivity contribution in [3.05, 3.63) is 24.0 Å². The van der Waals surface area contributed by atoms with Gasteiger partial charge in [0.2, 0.25) is 0 Å². The molecule has 0 aliphatic heterocycles. The van der Waals surface area contributed by atoms with Crippen LogP contribution >= 0.6 is 15.9 Å². The first-order valence-electron chi connectivity index (χ1n) is 6.95. The molecule has 1 aromatic rings. The summed E-state index contributed by atoms with van der Waals surface area (Å²) >= 11 is 3.46. The van der Waals surface area contributed by atoms with Gasteiger partial charge in [0, 0.05) is 11.5 Å². The largest absolute Gasteiger partial charge is 0.492 e. The average molecular weight is 314 g/mol. The second-order valence-electron chi connectivity index (χ2n) is 4.60. The number of ether oxygens (including phenoxy) is 1. The van der Waals surface area contributed by atoms with E-state index in [9.17, 15) is 0 Å². The van der Waals surface area contributed by atoms with E-state index >= 15 is 0 Å². The summed E-state index contributed by atoms with van der Waals surface area (Å²) in [5.74, 6) is 0.926. The first-order valence-corrected chi connectivity index (χ1v) is 8.07. The van der Waals surface area contributed by atoms with Gasteiger partial charge in [0.05, 0.1) is 12.3 Å². The molecule has 0 saturated heterocycles. The Morgan fingerprint density at radius 2 is 1.72 bits per heavy atom. The molecule has 3 heteroatoms. The molecule has 0 saturated carbocycles. The molecule has 0 radical (unpaired) electrons. The number of aryl methyl sites for hydroxylation is 1. The van der Waals surface area contributed by atoms with Crippen LogP contribution < -0.4 is 4.74 Å². The predicted octanol–water partition coefficient (Wildman–Crippen LogP) is 4.89. The monoisotopic (exact) mass is 313 g/mol. The first kappa shape index (κ1) is 15.5. The molecule has 18 heavy (non-hydrogen) atoms. The molecule has 0 spiro atoms. The van der Waals surface area contributed by atoms with Crippen LogP contribution in [0.1, 0.15) is 50.6 Å². The molecular formula is C15H24BrNO. The molecule has 0 N–H and O–H groups in total. The SMILES string of the molecule is Cc1ncccc1OCCCCCCCCCBr. The standard InChI is InChI=1S/C15H24BrNO/c1-14-15(10-9-12-17-14)18-13-8-6-4-2-3-5-7-11-16/h9-10,12H,2-8,11,13H2,1H3. The van der Waals surface area contributed by atoms with Gasteiger partial charge in [0.1, 0.15) is 5.75 Å². The van der Waals surface area contributed by atoms with Crippen LogP contribution in [0.25, 0.3) is 0 Å². The van der Waals surface area contributed by atoms with Crippen LogP contribution in [0.5, 0.6) is 5.75 Å². The normalized spacial score (nSPS) is 10.6. The molecule has 1 rings (SSSR count). The molecule has 0 fully saturated rings. The third-order valence-electron chi connectivity index (χ3n) is 2.99. The zero-order valence-corrected chi connectivity index (χ0v) is 12.9. The number of alkyl halides is 1. The first-order chi connectivity index (χ1) is 8.84. The maximum absolute atomic E-state index is 5.71. The molecule has 0 atom stereocenters. The molecule has 0 aromatic carbocycles. The minimum absolute atomic E-state index is 0.813. The summed E-state index contributed by atoms with van der Waals surface area (Å²) in [6, 6.07) is 3.91. The van der Waals surface area contributed by atoms with Crippen molar-refractivity contribution < 1.29 is 4.74 Å². The molecule has 102 valence electrons. The number of unbranched alkanes of at least 4 members (excludes halogenated alkanes) is 6. The highest BCUT2D eigenvalue weighted by molar-refractivity contribution is 9.09. The topological polar surface area (TPSA) is 22.1 Å². The van der Waals surface area contributed by atoms with Crippen molar-refractivity contribution >= 4 is 15.9 Å². The average Bonchev–Trinajstić information content (AvgIpc) is 2.39. The van der Waals surface area contributed by atoms with Crippen molar-refractivity contribution in [2.24, 2.45) is 0 Å². The zero-order valence-electron chi connectivity index (χ0n) is 11.3. The number of hydrogen-bond acceptors (Lipinski definition) is 2. The van der Waals surface area contributed by atoms with Crippen LogP contribution in [-0.2, 0) is 0 Å². The van der Waals surface area contributed by atoms with Gasteiger partial charge >= 0.3 is 0 Å². The second-order valence-corrected chi connectivity index (χ2v) is 5.39. The summed E-state index contributed by atoms with van der Waals surface area (Å²) in [5, 5.41) is 1.14. The number of pyridine rings is 1. The van der Waals surface area contributed by atoms with E-state index in [0.29, 0.717) is 0 Å². The van der Waals surface area contributed by atoms with Crippen molar-refractivity contribution in [3.8, 4) is 5.75 Å². The van der Waals surface area contributed by atoms with E-state index in [1.54, 1.807) is 6.20 Å². The molecule has 1 heterocycles. The van der Waals surface area contributed by atoms with Crippen molar-refractivity contribution in [3.63, 3.8) is 0 Å². The lowest BCUT2D eigenvalue weighted by atomic mass is 10.1. The molecule has 0 aliphatic rings. The van der Waals surface area contributed by atoms with E-state index in [-0.39, 0.29) is 0 Å². The zero-order chi connectivity index (χ0) is 13.1. The summed E-state index contributed by atoms with van der Waals surface area (Å²) in [6.07, 6.45) is 10.9. The minimum Gasteiger partial charge on any atom is -0.492 e. The van der Waals surface area contributed by atoms with E-state index in [4.69, 9.17) is 4.74 Å². The molecule has 1 aromatic heterocycles. The predicted molar refractivity (Wildman–Crippen MR) is 80.6 cm³/mol. The Hall–Kier alpha value is -0.570. The summed E-state index contributed by atoms with van der Waals surface area (Å²) in [7, 11) is 0. The van der Waals surface area contributed by atoms with Gasteiger partial charge in [-0.1, -0.05) is 48.0 Å². The maximum atomic E-state index is 5.71. The maximum Gasteiger partial charge on any atom is 0.140 e. The highest BCUT2D eigenvalue weighted by Crippen LogP contribution is 2.14. The highest BCUT2D eigenvalue weighted by Gasteiger charge is 1.98. The number of hydrogen-bond donors (Lipinski definition) is 0. The molecule has 2 nitrogen and oxygen atoms in total. The Bertz CT molecular complexity index is 317. The number of rotatable bonds is 10. The van der Waals surface area contributed by atoms with Gasteiger partial charge in [-0.05, 0) is 31.9 Å². The molecule has 0 amide bonds. The quantitative estimate of drug-likeness (QED) is 0.453. The van der Waals surface area contributed by atoms with E-state index in [1.807, 2.05) is 19.1 Å². The van der Waals surface area contributed by atoms with Gasteiger partial charge < -0.3 is 4.74 Å². The molecular weight excluding hydrogens is 290 g/mol. The van der Waals surface area contributed by atoms with Crippen LogP contribution in [-0.4, -0.2) is 16.9 Å². The lowest BCUT2D eigenvalue weighted by molar-refractivity contribution is 0.301. The van der Waals surface area contributed by atoms with Crippen LogP contribution in [0.3, 0.4) is 0 Å². The van der Waals surface area contributed by atoms with Gasteiger partial charge in [0.15, 0.2) is 0 Å². The summed E-state index contributed by atoms with van der Waals surface area (Å²) in [6.45, 7) is 2.80. The molecule has 0 unspecified atom stereocenters. The second kappa shape index (κ2) is 10.4. The number of nitrogens with zero attached hydrogens (tertiary/aromatic N) is 1. The van der Waals surface area contributed by atoms with E-state index in [2.05, 4.69) is 20.9 Å². The smallest absolute Gasteiger partial charge is 0.140 e. The Labute approximate surface area is 119 Å². The van der Waals surface area contributed by atoms with Gasteiger partial charge in [0.25, 0.3) is 0 Å².